The van der Waals surface area contributed by atoms with Crippen LogP contribution in [0.3, 0.4) is 0 Å². The minimum atomic E-state index is -1.32. The van der Waals surface area contributed by atoms with Crippen LogP contribution in [0.25, 0.3) is 0 Å². The molecule has 0 aromatic carbocycles. The molecule has 2 N–H and O–H groups in total. The van der Waals surface area contributed by atoms with Gasteiger partial charge in [0, 0.05) is 25.4 Å². The van der Waals surface area contributed by atoms with Crippen LogP contribution in [-0.2, 0) is 9.59 Å². The van der Waals surface area contributed by atoms with Gasteiger partial charge in [0.15, 0.2) is 11.5 Å². The number of carboxylic acids is 2. The number of carboxylic acid groups (broad SMARTS) is 2. The summed E-state index contributed by atoms with van der Waals surface area (Å²) in [6, 6.07) is 0. The quantitative estimate of drug-likeness (QED) is 0.750. The monoisotopic (exact) mass is 251 g/mol. The molecule has 1 aliphatic rings. The second-order valence-electron chi connectivity index (χ2n) is 3.78. The second kappa shape index (κ2) is 4.40. The number of anilines is 1. The first kappa shape index (κ1) is 12.0. The Bertz CT molecular complexity index is 530. The number of hydrogen-bond acceptors (Lipinski definition) is 5. The highest BCUT2D eigenvalue weighted by Crippen LogP contribution is 2.25. The van der Waals surface area contributed by atoms with Crippen molar-refractivity contribution in [1.29, 1.82) is 0 Å². The molecule has 94 valence electrons. The molecule has 1 amide bonds. The molecule has 1 aliphatic heterocycles. The fourth-order valence-electron chi connectivity index (χ4n) is 1.76. The summed E-state index contributed by atoms with van der Waals surface area (Å²) in [6.45, 7) is -0.0901. The van der Waals surface area contributed by atoms with Gasteiger partial charge < -0.3 is 10.2 Å². The number of aromatic carboxylic acids is 1. The van der Waals surface area contributed by atoms with E-state index in [1.807, 2.05) is 0 Å². The van der Waals surface area contributed by atoms with Gasteiger partial charge >= 0.3 is 11.9 Å². The van der Waals surface area contributed by atoms with E-state index < -0.39 is 23.8 Å². The average Bonchev–Trinajstić information content (AvgIpc) is 2.71. The van der Waals surface area contributed by atoms with Crippen LogP contribution in [0.1, 0.15) is 16.9 Å². The Labute approximate surface area is 101 Å². The van der Waals surface area contributed by atoms with Crippen molar-refractivity contribution in [2.45, 2.75) is 6.42 Å². The zero-order valence-electron chi connectivity index (χ0n) is 9.11. The fraction of sp³-hybridized carbons (Fsp3) is 0.300. The number of aliphatic carboxylic acids is 1. The van der Waals surface area contributed by atoms with E-state index in [-0.39, 0.29) is 24.5 Å². The number of amides is 1. The molecule has 1 unspecified atom stereocenters. The minimum Gasteiger partial charge on any atom is -0.481 e. The van der Waals surface area contributed by atoms with E-state index in [1.165, 1.54) is 12.4 Å². The molecule has 8 heteroatoms. The zero-order chi connectivity index (χ0) is 13.3. The Balaban J connectivity index is 2.35. The van der Waals surface area contributed by atoms with Gasteiger partial charge in [-0.2, -0.15) is 0 Å². The summed E-state index contributed by atoms with van der Waals surface area (Å²) in [6.07, 6.45) is 2.29. The Morgan fingerprint density at radius 1 is 1.28 bits per heavy atom. The van der Waals surface area contributed by atoms with Crippen molar-refractivity contribution in [2.75, 3.05) is 11.4 Å². The molecule has 0 saturated carbocycles. The maximum Gasteiger partial charge on any atom is 0.358 e. The lowest BCUT2D eigenvalue weighted by molar-refractivity contribution is -0.141. The van der Waals surface area contributed by atoms with E-state index in [4.69, 9.17) is 10.2 Å². The van der Waals surface area contributed by atoms with Crippen LogP contribution in [0.2, 0.25) is 0 Å². The van der Waals surface area contributed by atoms with E-state index in [0.717, 1.165) is 4.90 Å². The molecule has 8 nitrogen and oxygen atoms in total. The van der Waals surface area contributed by atoms with Gasteiger partial charge in [-0.25, -0.2) is 14.8 Å². The number of carbonyl (C=O) groups is 3. The summed E-state index contributed by atoms with van der Waals surface area (Å²) in [5.74, 6) is -3.83. The Morgan fingerprint density at radius 2 is 1.94 bits per heavy atom. The van der Waals surface area contributed by atoms with Crippen LogP contribution in [0.5, 0.6) is 0 Å². The van der Waals surface area contributed by atoms with Crippen molar-refractivity contribution in [3.8, 4) is 0 Å². The molecule has 1 aromatic heterocycles. The molecule has 1 saturated heterocycles. The summed E-state index contributed by atoms with van der Waals surface area (Å²) in [5.41, 5.74) is -0.364. The summed E-state index contributed by atoms with van der Waals surface area (Å²) in [5, 5.41) is 17.8. The number of carbonyl (C=O) groups excluding carboxylic acids is 1. The molecular weight excluding hydrogens is 242 g/mol. The third-order valence-electron chi connectivity index (χ3n) is 2.61. The molecule has 0 radical (unpaired) electrons. The molecule has 0 bridgehead atoms. The van der Waals surface area contributed by atoms with Gasteiger partial charge in [-0.1, -0.05) is 0 Å². The molecule has 1 fully saturated rings. The smallest absolute Gasteiger partial charge is 0.358 e. The predicted molar refractivity (Wildman–Crippen MR) is 57.1 cm³/mol. The number of hydrogen-bond donors (Lipinski definition) is 2. The maximum absolute atomic E-state index is 11.7. The Morgan fingerprint density at radius 3 is 2.50 bits per heavy atom. The summed E-state index contributed by atoms with van der Waals surface area (Å²) in [4.78, 5) is 41.9. The van der Waals surface area contributed by atoms with Gasteiger partial charge in [0.1, 0.15) is 0 Å². The van der Waals surface area contributed by atoms with Crippen molar-refractivity contribution >= 4 is 23.7 Å². The van der Waals surface area contributed by atoms with Crippen LogP contribution in [0.15, 0.2) is 12.4 Å². The number of aromatic nitrogens is 2. The number of nitrogens with zero attached hydrogens (tertiary/aromatic N) is 3. The Hall–Kier alpha value is -2.51. The first-order chi connectivity index (χ1) is 8.50. The zero-order valence-corrected chi connectivity index (χ0v) is 9.11. The van der Waals surface area contributed by atoms with E-state index in [0.29, 0.717) is 0 Å². The van der Waals surface area contributed by atoms with E-state index in [9.17, 15) is 14.4 Å². The summed E-state index contributed by atoms with van der Waals surface area (Å²) >= 11 is 0. The average molecular weight is 251 g/mol. The van der Waals surface area contributed by atoms with Gasteiger partial charge in [0.25, 0.3) is 0 Å². The largest absolute Gasteiger partial charge is 0.481 e. The normalized spacial score (nSPS) is 19.0. The van der Waals surface area contributed by atoms with Gasteiger partial charge in [-0.05, 0) is 0 Å². The lowest BCUT2D eigenvalue weighted by atomic mass is 10.1. The first-order valence-electron chi connectivity index (χ1n) is 5.08. The highest BCUT2D eigenvalue weighted by atomic mass is 16.4. The Kier molecular flexibility index (Phi) is 2.92. The van der Waals surface area contributed by atoms with Crippen molar-refractivity contribution in [1.82, 2.24) is 9.97 Å². The first-order valence-corrected chi connectivity index (χ1v) is 5.08. The topological polar surface area (TPSA) is 121 Å². The van der Waals surface area contributed by atoms with Gasteiger partial charge in [-0.3, -0.25) is 14.5 Å². The molecule has 2 rings (SSSR count). The third kappa shape index (κ3) is 1.99. The molecule has 0 aliphatic carbocycles. The predicted octanol–water partition coefficient (Wildman–Crippen LogP) is -0.388. The second-order valence-corrected chi connectivity index (χ2v) is 3.78. The van der Waals surface area contributed by atoms with Crippen LogP contribution >= 0.6 is 0 Å². The lowest BCUT2D eigenvalue weighted by Crippen LogP contribution is -2.29. The van der Waals surface area contributed by atoms with E-state index in [2.05, 4.69) is 9.97 Å². The SMILES string of the molecule is O=C(O)c1nccnc1N1CC(C(=O)O)CC1=O. The van der Waals surface area contributed by atoms with Gasteiger partial charge in [-0.15, -0.1) is 0 Å². The molecular formula is C10H9N3O5. The lowest BCUT2D eigenvalue weighted by Gasteiger charge is -2.15. The third-order valence-corrected chi connectivity index (χ3v) is 2.61. The van der Waals surface area contributed by atoms with Crippen molar-refractivity contribution in [3.05, 3.63) is 18.1 Å². The van der Waals surface area contributed by atoms with E-state index >= 15 is 0 Å². The van der Waals surface area contributed by atoms with Crippen LogP contribution in [0, 0.1) is 5.92 Å². The van der Waals surface area contributed by atoms with Gasteiger partial charge in [0.2, 0.25) is 5.91 Å². The van der Waals surface area contributed by atoms with Gasteiger partial charge in [0.05, 0.1) is 5.92 Å². The number of rotatable bonds is 3. The van der Waals surface area contributed by atoms with Crippen molar-refractivity contribution in [3.63, 3.8) is 0 Å². The summed E-state index contributed by atoms with van der Waals surface area (Å²) < 4.78 is 0. The van der Waals surface area contributed by atoms with Crippen molar-refractivity contribution < 1.29 is 24.6 Å². The molecule has 18 heavy (non-hydrogen) atoms. The van der Waals surface area contributed by atoms with E-state index in [1.54, 1.807) is 0 Å². The molecule has 0 spiro atoms. The molecule has 2 heterocycles. The molecule has 1 atom stereocenters. The standard InChI is InChI=1S/C10H9N3O5/c14-6-3-5(9(15)16)4-13(6)8-7(10(17)18)11-1-2-12-8/h1-2,5H,3-4H2,(H,15,16)(H,17,18). The van der Waals surface area contributed by atoms with Crippen LogP contribution < -0.4 is 4.90 Å². The fourth-order valence-corrected chi connectivity index (χ4v) is 1.76. The van der Waals surface area contributed by atoms with Crippen molar-refractivity contribution in [2.24, 2.45) is 5.92 Å². The maximum atomic E-state index is 11.7. The van der Waals surface area contributed by atoms with Crippen LogP contribution in [-0.4, -0.2) is 44.6 Å². The highest BCUT2D eigenvalue weighted by molar-refractivity contribution is 6.02. The minimum absolute atomic E-state index is 0.0901. The summed E-state index contributed by atoms with van der Waals surface area (Å²) in [7, 11) is 0. The van der Waals surface area contributed by atoms with Crippen LogP contribution in [0.4, 0.5) is 5.82 Å². The molecule has 1 aromatic rings. The highest BCUT2D eigenvalue weighted by Gasteiger charge is 2.37.